The van der Waals surface area contributed by atoms with Crippen molar-refractivity contribution in [3.63, 3.8) is 0 Å². The van der Waals surface area contributed by atoms with Gasteiger partial charge in [-0.25, -0.2) is 0 Å². The lowest BCUT2D eigenvalue weighted by Gasteiger charge is -2.43. The number of benzene rings is 3. The van der Waals surface area contributed by atoms with Gasteiger partial charge in [0.25, 0.3) is 0 Å². The molecule has 0 aromatic heterocycles. The summed E-state index contributed by atoms with van der Waals surface area (Å²) < 4.78 is 39.4. The molecule has 3 atom stereocenters. The summed E-state index contributed by atoms with van der Waals surface area (Å²) >= 11 is 0. The van der Waals surface area contributed by atoms with Crippen molar-refractivity contribution in [3.05, 3.63) is 101 Å². The number of nitrogens with zero attached hydrogens (tertiary/aromatic N) is 1. The van der Waals surface area contributed by atoms with Gasteiger partial charge < -0.3 is 10.0 Å². The van der Waals surface area contributed by atoms with Crippen molar-refractivity contribution in [2.45, 2.75) is 51.2 Å². The van der Waals surface area contributed by atoms with E-state index in [0.717, 1.165) is 28.9 Å². The van der Waals surface area contributed by atoms with Crippen LogP contribution in [0.3, 0.4) is 0 Å². The molecule has 0 aliphatic carbocycles. The van der Waals surface area contributed by atoms with E-state index in [1.165, 1.54) is 5.56 Å². The molecule has 3 nitrogen and oxygen atoms in total. The van der Waals surface area contributed by atoms with Gasteiger partial charge in [-0.15, -0.1) is 0 Å². The number of carboxylic acids is 1. The number of aliphatic carboxylic acids is 1. The second kappa shape index (κ2) is 10.8. The van der Waals surface area contributed by atoms with E-state index in [-0.39, 0.29) is 12.0 Å². The molecule has 1 N–H and O–H groups in total. The van der Waals surface area contributed by atoms with Crippen LogP contribution < -0.4 is 4.90 Å². The van der Waals surface area contributed by atoms with Crippen LogP contribution in [0.4, 0.5) is 18.9 Å². The number of carboxylic acid groups (broad SMARTS) is 1. The van der Waals surface area contributed by atoms with Crippen LogP contribution in [0.15, 0.2) is 78.9 Å². The van der Waals surface area contributed by atoms with Gasteiger partial charge in [-0.05, 0) is 72.1 Å². The van der Waals surface area contributed by atoms with Gasteiger partial charge in [0.2, 0.25) is 0 Å². The number of rotatable bonds is 7. The van der Waals surface area contributed by atoms with Gasteiger partial charge in [-0.2, -0.15) is 13.2 Å². The monoisotopic (exact) mass is 495 g/mol. The summed E-state index contributed by atoms with van der Waals surface area (Å²) in [5.74, 6) is -1.07. The minimum absolute atomic E-state index is 0.0850. The van der Waals surface area contributed by atoms with Crippen molar-refractivity contribution in [2.24, 2.45) is 11.8 Å². The van der Waals surface area contributed by atoms with Gasteiger partial charge in [0.15, 0.2) is 0 Å². The summed E-state index contributed by atoms with van der Waals surface area (Å²) in [5.41, 5.74) is 3.29. The van der Waals surface area contributed by atoms with Gasteiger partial charge in [-0.1, -0.05) is 68.4 Å². The van der Waals surface area contributed by atoms with E-state index in [0.29, 0.717) is 31.7 Å². The van der Waals surface area contributed by atoms with Gasteiger partial charge in [0, 0.05) is 12.2 Å². The standard InChI is InChI=1S/C30H32F3NO2/c1-20(2)22-10-15-26(16-11-22)34-19-24(27(29(35)36)18-21-6-4-3-5-7-21)12-17-28(34)23-8-13-25(14-9-23)30(31,32)33/h3-11,13-16,20,24,27-28H,12,17-19H2,1-2H3,(H,35,36)/t24-,27?,28+/m0/s1. The topological polar surface area (TPSA) is 40.5 Å². The molecule has 1 aliphatic heterocycles. The number of hydrogen-bond acceptors (Lipinski definition) is 2. The summed E-state index contributed by atoms with van der Waals surface area (Å²) in [6.45, 7) is 4.77. The third-order valence-corrected chi connectivity index (χ3v) is 7.32. The molecule has 0 radical (unpaired) electrons. The molecule has 0 spiro atoms. The smallest absolute Gasteiger partial charge is 0.416 e. The molecule has 1 fully saturated rings. The lowest BCUT2D eigenvalue weighted by molar-refractivity contribution is -0.144. The molecule has 3 aromatic rings. The molecule has 6 heteroatoms. The predicted molar refractivity (Wildman–Crippen MR) is 136 cm³/mol. The fraction of sp³-hybridized carbons (Fsp3) is 0.367. The van der Waals surface area contributed by atoms with Crippen LogP contribution in [0, 0.1) is 11.8 Å². The zero-order valence-corrected chi connectivity index (χ0v) is 20.6. The highest BCUT2D eigenvalue weighted by Gasteiger charge is 2.37. The Bertz CT molecular complexity index is 1140. The Morgan fingerprint density at radius 3 is 2.14 bits per heavy atom. The maximum absolute atomic E-state index is 13.1. The third-order valence-electron chi connectivity index (χ3n) is 7.32. The van der Waals surface area contributed by atoms with Crippen molar-refractivity contribution in [3.8, 4) is 0 Å². The maximum Gasteiger partial charge on any atom is 0.416 e. The minimum atomic E-state index is -4.38. The Hall–Kier alpha value is -3.28. The van der Waals surface area contributed by atoms with E-state index in [1.54, 1.807) is 12.1 Å². The van der Waals surface area contributed by atoms with Gasteiger partial charge in [0.05, 0.1) is 17.5 Å². The quantitative estimate of drug-likeness (QED) is 0.365. The van der Waals surface area contributed by atoms with Crippen LogP contribution in [0.25, 0.3) is 0 Å². The van der Waals surface area contributed by atoms with E-state index < -0.39 is 23.6 Å². The second-order valence-electron chi connectivity index (χ2n) is 10.0. The van der Waals surface area contributed by atoms with E-state index >= 15 is 0 Å². The van der Waals surface area contributed by atoms with Crippen molar-refractivity contribution >= 4 is 11.7 Å². The Kier molecular flexibility index (Phi) is 7.72. The van der Waals surface area contributed by atoms with Crippen LogP contribution in [-0.2, 0) is 17.4 Å². The largest absolute Gasteiger partial charge is 0.481 e. The highest BCUT2D eigenvalue weighted by atomic mass is 19.4. The summed E-state index contributed by atoms with van der Waals surface area (Å²) in [6.07, 6.45) is -2.57. The SMILES string of the molecule is CC(C)c1ccc(N2C[C@@H](C(Cc3ccccc3)C(=O)O)CC[C@@H]2c2ccc(C(F)(F)F)cc2)cc1. The number of carbonyl (C=O) groups is 1. The predicted octanol–water partition coefficient (Wildman–Crippen LogP) is 7.73. The summed E-state index contributed by atoms with van der Waals surface area (Å²) in [6, 6.07) is 23.1. The molecule has 1 unspecified atom stereocenters. The third kappa shape index (κ3) is 5.92. The lowest BCUT2D eigenvalue weighted by Crippen LogP contribution is -2.43. The van der Waals surface area contributed by atoms with Gasteiger partial charge in [0.1, 0.15) is 0 Å². The first kappa shape index (κ1) is 25.8. The van der Waals surface area contributed by atoms with Gasteiger partial charge >= 0.3 is 12.1 Å². The van der Waals surface area contributed by atoms with Crippen LogP contribution in [-0.4, -0.2) is 17.6 Å². The lowest BCUT2D eigenvalue weighted by atomic mass is 9.78. The molecular formula is C30H32F3NO2. The summed E-state index contributed by atoms with van der Waals surface area (Å²) in [4.78, 5) is 14.5. The highest BCUT2D eigenvalue weighted by molar-refractivity contribution is 5.71. The number of halogens is 3. The van der Waals surface area contributed by atoms with Crippen molar-refractivity contribution in [1.29, 1.82) is 0 Å². The second-order valence-corrected chi connectivity index (χ2v) is 10.0. The van der Waals surface area contributed by atoms with Crippen molar-refractivity contribution in [1.82, 2.24) is 0 Å². The molecule has 1 saturated heterocycles. The van der Waals surface area contributed by atoms with Crippen LogP contribution in [0.2, 0.25) is 0 Å². The van der Waals surface area contributed by atoms with Crippen LogP contribution in [0.5, 0.6) is 0 Å². The fourth-order valence-electron chi connectivity index (χ4n) is 5.23. The average molecular weight is 496 g/mol. The minimum Gasteiger partial charge on any atom is -0.481 e. The Morgan fingerprint density at radius 1 is 0.944 bits per heavy atom. The van der Waals surface area contributed by atoms with E-state index in [2.05, 4.69) is 30.9 Å². The molecule has 36 heavy (non-hydrogen) atoms. The molecular weight excluding hydrogens is 463 g/mol. The highest BCUT2D eigenvalue weighted by Crippen LogP contribution is 2.41. The van der Waals surface area contributed by atoms with Crippen LogP contribution in [0.1, 0.15) is 60.9 Å². The van der Waals surface area contributed by atoms with E-state index in [1.807, 2.05) is 42.5 Å². The average Bonchev–Trinajstić information content (AvgIpc) is 2.87. The first-order valence-electron chi connectivity index (χ1n) is 12.4. The number of anilines is 1. The molecule has 4 rings (SSSR count). The molecule has 0 amide bonds. The Balaban J connectivity index is 1.64. The zero-order valence-electron chi connectivity index (χ0n) is 20.6. The van der Waals surface area contributed by atoms with E-state index in [9.17, 15) is 23.1 Å². The van der Waals surface area contributed by atoms with Crippen LogP contribution >= 0.6 is 0 Å². The summed E-state index contributed by atoms with van der Waals surface area (Å²) in [5, 5.41) is 10.1. The number of alkyl halides is 3. The molecule has 0 bridgehead atoms. The molecule has 3 aromatic carbocycles. The molecule has 0 saturated carbocycles. The molecule has 1 aliphatic rings. The van der Waals surface area contributed by atoms with Crippen molar-refractivity contribution in [2.75, 3.05) is 11.4 Å². The first-order valence-corrected chi connectivity index (χ1v) is 12.4. The maximum atomic E-state index is 13.1. The zero-order chi connectivity index (χ0) is 25.9. The number of piperidine rings is 1. The van der Waals surface area contributed by atoms with Crippen molar-refractivity contribution < 1.29 is 23.1 Å². The van der Waals surface area contributed by atoms with Gasteiger partial charge in [-0.3, -0.25) is 4.79 Å². The fourth-order valence-corrected chi connectivity index (χ4v) is 5.23. The summed E-state index contributed by atoms with van der Waals surface area (Å²) in [7, 11) is 0. The van der Waals surface area contributed by atoms with E-state index in [4.69, 9.17) is 0 Å². The normalized spacial score (nSPS) is 19.3. The number of hydrogen-bond donors (Lipinski definition) is 1. The first-order chi connectivity index (χ1) is 17.1. The Labute approximate surface area is 210 Å². The molecule has 1 heterocycles. The molecule has 190 valence electrons. The Morgan fingerprint density at radius 2 is 1.58 bits per heavy atom.